The highest BCUT2D eigenvalue weighted by Crippen LogP contribution is 2.38. The predicted molar refractivity (Wildman–Crippen MR) is 89.2 cm³/mol. The summed E-state index contributed by atoms with van der Waals surface area (Å²) in [6.07, 6.45) is 3.48. The number of nitrogens with zero attached hydrogens (tertiary/aromatic N) is 1. The normalized spacial score (nSPS) is 16.9. The van der Waals surface area contributed by atoms with E-state index >= 15 is 0 Å². The van der Waals surface area contributed by atoms with Crippen molar-refractivity contribution in [3.05, 3.63) is 47.9 Å². The van der Waals surface area contributed by atoms with E-state index in [2.05, 4.69) is 5.32 Å². The van der Waals surface area contributed by atoms with Crippen molar-refractivity contribution < 1.29 is 18.7 Å². The van der Waals surface area contributed by atoms with Crippen molar-refractivity contribution in [1.29, 1.82) is 0 Å². The fourth-order valence-corrected chi connectivity index (χ4v) is 3.10. The Labute approximate surface area is 141 Å². The molecule has 1 aliphatic rings. The number of ether oxygens (including phenoxy) is 2. The first-order chi connectivity index (χ1) is 11.7. The van der Waals surface area contributed by atoms with E-state index in [0.717, 1.165) is 42.2 Å². The van der Waals surface area contributed by atoms with Gasteiger partial charge in [0.25, 0.3) is 0 Å². The van der Waals surface area contributed by atoms with Crippen molar-refractivity contribution in [3.8, 4) is 11.5 Å². The number of amides is 2. The molecule has 0 spiro atoms. The maximum Gasteiger partial charge on any atom is 0.318 e. The zero-order valence-corrected chi connectivity index (χ0v) is 14.0. The zero-order chi connectivity index (χ0) is 16.9. The summed E-state index contributed by atoms with van der Waals surface area (Å²) in [4.78, 5) is 14.4. The molecule has 1 aromatic carbocycles. The lowest BCUT2D eigenvalue weighted by Crippen LogP contribution is -2.39. The number of rotatable bonds is 5. The number of carbonyl (C=O) groups is 1. The van der Waals surface area contributed by atoms with Crippen LogP contribution in [0.5, 0.6) is 11.5 Å². The lowest BCUT2D eigenvalue weighted by molar-refractivity contribution is 0.190. The highest BCUT2D eigenvalue weighted by atomic mass is 16.5. The molecule has 0 radical (unpaired) electrons. The summed E-state index contributed by atoms with van der Waals surface area (Å²) in [5, 5.41) is 2.91. The average Bonchev–Trinajstić information content (AvgIpc) is 3.30. The van der Waals surface area contributed by atoms with Crippen LogP contribution in [0.15, 0.2) is 41.0 Å². The molecule has 3 rings (SSSR count). The number of hydrogen-bond acceptors (Lipinski definition) is 4. The molecule has 1 aliphatic heterocycles. The summed E-state index contributed by atoms with van der Waals surface area (Å²) in [5.74, 6) is 2.22. The van der Waals surface area contributed by atoms with Crippen LogP contribution in [0.2, 0.25) is 0 Å². The van der Waals surface area contributed by atoms with Crippen molar-refractivity contribution in [1.82, 2.24) is 10.2 Å². The molecule has 6 heteroatoms. The molecule has 2 aromatic rings. The van der Waals surface area contributed by atoms with E-state index in [4.69, 9.17) is 13.9 Å². The Bertz CT molecular complexity index is 684. The zero-order valence-electron chi connectivity index (χ0n) is 14.0. The molecule has 24 heavy (non-hydrogen) atoms. The Morgan fingerprint density at radius 3 is 2.92 bits per heavy atom. The van der Waals surface area contributed by atoms with Gasteiger partial charge in [0.05, 0.1) is 33.1 Å². The third-order valence-electron chi connectivity index (χ3n) is 4.31. The summed E-state index contributed by atoms with van der Waals surface area (Å²) >= 11 is 0. The van der Waals surface area contributed by atoms with Crippen molar-refractivity contribution in [2.75, 3.05) is 20.8 Å². The third-order valence-corrected chi connectivity index (χ3v) is 4.31. The minimum Gasteiger partial charge on any atom is -0.497 e. The maximum atomic E-state index is 12.6. The van der Waals surface area contributed by atoms with Gasteiger partial charge in [-0.25, -0.2) is 4.79 Å². The average molecular weight is 330 g/mol. The summed E-state index contributed by atoms with van der Waals surface area (Å²) in [6.45, 7) is 1.11. The van der Waals surface area contributed by atoms with E-state index < -0.39 is 0 Å². The monoisotopic (exact) mass is 330 g/mol. The first-order valence-corrected chi connectivity index (χ1v) is 8.01. The van der Waals surface area contributed by atoms with Crippen LogP contribution in [0.25, 0.3) is 0 Å². The van der Waals surface area contributed by atoms with E-state index in [1.54, 1.807) is 20.5 Å². The van der Waals surface area contributed by atoms with Crippen LogP contribution in [0.3, 0.4) is 0 Å². The molecule has 0 bridgehead atoms. The summed E-state index contributed by atoms with van der Waals surface area (Å²) in [6, 6.07) is 9.29. The van der Waals surface area contributed by atoms with Gasteiger partial charge < -0.3 is 24.1 Å². The topological polar surface area (TPSA) is 63.9 Å². The van der Waals surface area contributed by atoms with E-state index in [9.17, 15) is 4.79 Å². The van der Waals surface area contributed by atoms with E-state index in [1.807, 2.05) is 35.2 Å². The van der Waals surface area contributed by atoms with Gasteiger partial charge in [-0.3, -0.25) is 0 Å². The number of methoxy groups -OCH3 is 2. The molecule has 0 unspecified atom stereocenters. The number of likely N-dealkylation sites (tertiary alicyclic amines) is 1. The largest absolute Gasteiger partial charge is 0.497 e. The van der Waals surface area contributed by atoms with E-state index in [-0.39, 0.29) is 12.1 Å². The minimum absolute atomic E-state index is 0.00228. The van der Waals surface area contributed by atoms with Crippen LogP contribution >= 0.6 is 0 Å². The fraction of sp³-hybridized carbons (Fsp3) is 0.389. The molecule has 1 saturated heterocycles. The Morgan fingerprint density at radius 1 is 1.33 bits per heavy atom. The summed E-state index contributed by atoms with van der Waals surface area (Å²) in [7, 11) is 3.26. The molecule has 128 valence electrons. The SMILES string of the molecule is COc1ccc([C@@H]2CCCN2C(=O)NCc2ccco2)c(OC)c1. The second-order valence-electron chi connectivity index (χ2n) is 5.70. The van der Waals surface area contributed by atoms with Crippen molar-refractivity contribution >= 4 is 6.03 Å². The number of benzene rings is 1. The lowest BCUT2D eigenvalue weighted by atomic mass is 10.0. The van der Waals surface area contributed by atoms with E-state index in [0.29, 0.717) is 6.54 Å². The molecule has 1 fully saturated rings. The molecule has 6 nitrogen and oxygen atoms in total. The van der Waals surface area contributed by atoms with E-state index in [1.165, 1.54) is 0 Å². The van der Waals surface area contributed by atoms with Gasteiger partial charge in [0.2, 0.25) is 0 Å². The van der Waals surface area contributed by atoms with Gasteiger partial charge in [0, 0.05) is 18.2 Å². The van der Waals surface area contributed by atoms with Crippen LogP contribution in [0.1, 0.15) is 30.2 Å². The Morgan fingerprint density at radius 2 is 2.21 bits per heavy atom. The van der Waals surface area contributed by atoms with Gasteiger partial charge in [0.15, 0.2) is 0 Å². The number of hydrogen-bond donors (Lipinski definition) is 1. The lowest BCUT2D eigenvalue weighted by Gasteiger charge is -2.26. The van der Waals surface area contributed by atoms with Gasteiger partial charge in [-0.2, -0.15) is 0 Å². The van der Waals surface area contributed by atoms with Crippen molar-refractivity contribution in [3.63, 3.8) is 0 Å². The molecular weight excluding hydrogens is 308 g/mol. The molecule has 1 aromatic heterocycles. The van der Waals surface area contributed by atoms with Gasteiger partial charge in [-0.15, -0.1) is 0 Å². The van der Waals surface area contributed by atoms with Gasteiger partial charge >= 0.3 is 6.03 Å². The summed E-state index contributed by atoms with van der Waals surface area (Å²) < 4.78 is 16.0. The fourth-order valence-electron chi connectivity index (χ4n) is 3.10. The molecule has 1 atom stereocenters. The van der Waals surface area contributed by atoms with Crippen molar-refractivity contribution in [2.24, 2.45) is 0 Å². The first kappa shape index (κ1) is 16.2. The maximum absolute atomic E-state index is 12.6. The standard InChI is InChI=1S/C18H22N2O4/c1-22-13-7-8-15(17(11-13)23-2)16-6-3-9-20(16)18(21)19-12-14-5-4-10-24-14/h4-5,7-8,10-11,16H,3,6,9,12H2,1-2H3,(H,19,21)/t16-/m0/s1. The number of urea groups is 1. The number of nitrogens with one attached hydrogen (secondary N) is 1. The molecular formula is C18H22N2O4. The van der Waals surface area contributed by atoms with Gasteiger partial charge in [-0.1, -0.05) is 0 Å². The number of furan rings is 1. The molecule has 0 saturated carbocycles. The molecule has 0 aliphatic carbocycles. The smallest absolute Gasteiger partial charge is 0.318 e. The van der Waals surface area contributed by atoms with Crippen LogP contribution in [0, 0.1) is 0 Å². The summed E-state index contributed by atoms with van der Waals surface area (Å²) in [5.41, 5.74) is 1.00. The minimum atomic E-state index is -0.0910. The van der Waals surface area contributed by atoms with Crippen LogP contribution in [-0.2, 0) is 6.54 Å². The highest BCUT2D eigenvalue weighted by molar-refractivity contribution is 5.75. The predicted octanol–water partition coefficient (Wildman–Crippen LogP) is 3.34. The highest BCUT2D eigenvalue weighted by Gasteiger charge is 2.32. The number of carbonyl (C=O) groups excluding carboxylic acids is 1. The van der Waals surface area contributed by atoms with Gasteiger partial charge in [-0.05, 0) is 37.1 Å². The Kier molecular flexibility index (Phi) is 4.93. The second kappa shape index (κ2) is 7.29. The van der Waals surface area contributed by atoms with Crippen LogP contribution in [0.4, 0.5) is 4.79 Å². The van der Waals surface area contributed by atoms with Crippen LogP contribution in [-0.4, -0.2) is 31.7 Å². The Balaban J connectivity index is 1.74. The quantitative estimate of drug-likeness (QED) is 0.913. The Hall–Kier alpha value is -2.63. The first-order valence-electron chi connectivity index (χ1n) is 8.01. The molecule has 2 heterocycles. The molecule has 1 N–H and O–H groups in total. The van der Waals surface area contributed by atoms with Gasteiger partial charge in [0.1, 0.15) is 17.3 Å². The molecule has 2 amide bonds. The van der Waals surface area contributed by atoms with Crippen LogP contribution < -0.4 is 14.8 Å². The second-order valence-corrected chi connectivity index (χ2v) is 5.70. The van der Waals surface area contributed by atoms with Crippen molar-refractivity contribution in [2.45, 2.75) is 25.4 Å². The third kappa shape index (κ3) is 3.32.